The van der Waals surface area contributed by atoms with Gasteiger partial charge >= 0.3 is 0 Å². The summed E-state index contributed by atoms with van der Waals surface area (Å²) < 4.78 is -0.464. The molecule has 1 aromatic carbocycles. The highest BCUT2D eigenvalue weighted by Gasteiger charge is 2.57. The summed E-state index contributed by atoms with van der Waals surface area (Å²) in [4.78, 5) is 41.2. The van der Waals surface area contributed by atoms with Crippen molar-refractivity contribution >= 4 is 29.5 Å². The minimum Gasteiger partial charge on any atom is -0.354 e. The number of fused-ring (bicyclic) bond motifs is 3. The highest BCUT2D eigenvalue weighted by molar-refractivity contribution is 8.01. The minimum absolute atomic E-state index is 0.111. The Balaban J connectivity index is 1.78. The first kappa shape index (κ1) is 23.6. The summed E-state index contributed by atoms with van der Waals surface area (Å²) in [7, 11) is 0. The Bertz CT molecular complexity index is 852. The van der Waals surface area contributed by atoms with E-state index in [1.54, 1.807) is 16.7 Å². The Morgan fingerprint density at radius 2 is 1.81 bits per heavy atom. The Labute approximate surface area is 189 Å². The smallest absolute Gasteiger partial charge is 0.256 e. The number of hydrogen-bond donors (Lipinski definition) is 2. The van der Waals surface area contributed by atoms with Gasteiger partial charge < -0.3 is 15.5 Å². The van der Waals surface area contributed by atoms with Crippen LogP contribution < -0.4 is 10.6 Å². The molecule has 0 unspecified atom stereocenters. The average molecular weight is 446 g/mol. The lowest BCUT2D eigenvalue weighted by Crippen LogP contribution is -2.57. The number of carbonyl (C=O) groups is 3. The lowest BCUT2D eigenvalue weighted by molar-refractivity contribution is -0.132. The van der Waals surface area contributed by atoms with Crippen molar-refractivity contribution in [1.29, 1.82) is 0 Å². The molecule has 31 heavy (non-hydrogen) atoms. The normalized spacial score (nSPS) is 22.5. The van der Waals surface area contributed by atoms with E-state index in [0.717, 1.165) is 12.0 Å². The van der Waals surface area contributed by atoms with Crippen LogP contribution in [0.3, 0.4) is 0 Å². The van der Waals surface area contributed by atoms with Crippen LogP contribution in [0.15, 0.2) is 24.3 Å². The zero-order valence-corrected chi connectivity index (χ0v) is 20.2. The third kappa shape index (κ3) is 4.92. The van der Waals surface area contributed by atoms with Gasteiger partial charge in [-0.3, -0.25) is 14.4 Å². The molecular weight excluding hydrogens is 410 g/mol. The molecule has 170 valence electrons. The second-order valence-electron chi connectivity index (χ2n) is 9.94. The standard InChI is InChI=1S/C24H35N3O3S/c1-14(2)11-12-25-20(28)18(13-15(3)4)26-21(29)19-24(5,6)31-23-17-10-8-7-9-16(17)22(30)27(19)23/h7-10,14-15,18-19,23H,11-13H2,1-6H3,(H,25,28)(H,26,29)/t18-,19+,23+/m0/s1. The fourth-order valence-electron chi connectivity index (χ4n) is 4.37. The Hall–Kier alpha value is -2.02. The van der Waals surface area contributed by atoms with Gasteiger partial charge in [0.2, 0.25) is 11.8 Å². The summed E-state index contributed by atoms with van der Waals surface area (Å²) in [6, 6.07) is 6.31. The van der Waals surface area contributed by atoms with E-state index in [1.165, 1.54) is 0 Å². The highest BCUT2D eigenvalue weighted by atomic mass is 32.2. The molecule has 2 N–H and O–H groups in total. The van der Waals surface area contributed by atoms with Crippen LogP contribution in [0.25, 0.3) is 0 Å². The molecule has 3 amide bonds. The number of benzene rings is 1. The second kappa shape index (κ2) is 9.23. The van der Waals surface area contributed by atoms with Gasteiger partial charge in [-0.15, -0.1) is 11.8 Å². The molecule has 0 spiro atoms. The van der Waals surface area contributed by atoms with Gasteiger partial charge in [-0.2, -0.15) is 0 Å². The number of nitrogens with one attached hydrogen (secondary N) is 2. The van der Waals surface area contributed by atoms with Crippen LogP contribution in [0, 0.1) is 11.8 Å². The predicted molar refractivity (Wildman–Crippen MR) is 125 cm³/mol. The van der Waals surface area contributed by atoms with E-state index in [-0.39, 0.29) is 29.0 Å². The number of rotatable bonds is 8. The van der Waals surface area contributed by atoms with Crippen molar-refractivity contribution in [2.75, 3.05) is 6.54 Å². The molecule has 7 heteroatoms. The molecule has 6 nitrogen and oxygen atoms in total. The van der Waals surface area contributed by atoms with E-state index >= 15 is 0 Å². The van der Waals surface area contributed by atoms with Crippen molar-refractivity contribution in [3.05, 3.63) is 35.4 Å². The lowest BCUT2D eigenvalue weighted by atomic mass is 9.98. The molecule has 0 aromatic heterocycles. The van der Waals surface area contributed by atoms with E-state index in [1.807, 2.05) is 52.0 Å². The average Bonchev–Trinajstić information content (AvgIpc) is 3.10. The van der Waals surface area contributed by atoms with Crippen LogP contribution in [-0.4, -0.2) is 46.0 Å². The van der Waals surface area contributed by atoms with E-state index in [9.17, 15) is 14.4 Å². The minimum atomic E-state index is -0.638. The summed E-state index contributed by atoms with van der Waals surface area (Å²) in [5.41, 5.74) is 1.63. The Morgan fingerprint density at radius 1 is 1.13 bits per heavy atom. The van der Waals surface area contributed by atoms with Crippen LogP contribution in [0.2, 0.25) is 0 Å². The van der Waals surface area contributed by atoms with Crippen molar-refractivity contribution in [3.63, 3.8) is 0 Å². The SMILES string of the molecule is CC(C)CCNC(=O)[C@H](CC(C)C)NC(=O)[C@H]1N2C(=O)c3ccccc3[C@H]2SC1(C)C. The molecule has 2 aliphatic heterocycles. The molecule has 3 atom stereocenters. The van der Waals surface area contributed by atoms with Gasteiger partial charge in [-0.1, -0.05) is 45.9 Å². The van der Waals surface area contributed by atoms with Gasteiger partial charge in [0, 0.05) is 16.9 Å². The summed E-state index contributed by atoms with van der Waals surface area (Å²) in [6.45, 7) is 12.9. The van der Waals surface area contributed by atoms with Crippen molar-refractivity contribution in [2.45, 2.75) is 76.6 Å². The van der Waals surface area contributed by atoms with Crippen LogP contribution in [-0.2, 0) is 9.59 Å². The molecule has 0 saturated carbocycles. The zero-order chi connectivity index (χ0) is 22.9. The van der Waals surface area contributed by atoms with E-state index in [2.05, 4.69) is 24.5 Å². The van der Waals surface area contributed by atoms with Crippen molar-refractivity contribution in [2.24, 2.45) is 11.8 Å². The first-order valence-corrected chi connectivity index (χ1v) is 12.1. The fourth-order valence-corrected chi connectivity index (χ4v) is 5.95. The van der Waals surface area contributed by atoms with E-state index in [0.29, 0.717) is 24.4 Å². The maximum absolute atomic E-state index is 13.5. The number of amides is 3. The van der Waals surface area contributed by atoms with Crippen molar-refractivity contribution < 1.29 is 14.4 Å². The zero-order valence-electron chi connectivity index (χ0n) is 19.4. The topological polar surface area (TPSA) is 78.5 Å². The van der Waals surface area contributed by atoms with Crippen LogP contribution in [0.4, 0.5) is 0 Å². The van der Waals surface area contributed by atoms with E-state index < -0.39 is 16.8 Å². The lowest BCUT2D eigenvalue weighted by Gasteiger charge is -2.31. The van der Waals surface area contributed by atoms with E-state index in [4.69, 9.17) is 0 Å². The van der Waals surface area contributed by atoms with Gasteiger partial charge in [-0.05, 0) is 50.2 Å². The fraction of sp³-hybridized carbons (Fsp3) is 0.625. The van der Waals surface area contributed by atoms with Gasteiger partial charge in [-0.25, -0.2) is 0 Å². The molecule has 1 saturated heterocycles. The van der Waals surface area contributed by atoms with Crippen LogP contribution in [0.5, 0.6) is 0 Å². The van der Waals surface area contributed by atoms with Gasteiger partial charge in [0.05, 0.1) is 0 Å². The quantitative estimate of drug-likeness (QED) is 0.639. The van der Waals surface area contributed by atoms with Gasteiger partial charge in [0.15, 0.2) is 0 Å². The van der Waals surface area contributed by atoms with Crippen molar-refractivity contribution in [3.8, 4) is 0 Å². The van der Waals surface area contributed by atoms with Gasteiger partial charge in [0.25, 0.3) is 5.91 Å². The monoisotopic (exact) mass is 445 g/mol. The summed E-state index contributed by atoms with van der Waals surface area (Å²) in [5.74, 6) is 0.220. The molecule has 1 aromatic rings. The molecule has 0 aliphatic carbocycles. The highest BCUT2D eigenvalue weighted by Crippen LogP contribution is 2.56. The third-order valence-electron chi connectivity index (χ3n) is 5.91. The molecule has 2 aliphatic rings. The molecule has 0 radical (unpaired) electrons. The first-order chi connectivity index (χ1) is 14.5. The Kier molecular flexibility index (Phi) is 7.04. The predicted octanol–water partition coefficient (Wildman–Crippen LogP) is 3.73. The molecule has 2 heterocycles. The maximum Gasteiger partial charge on any atom is 0.256 e. The summed E-state index contributed by atoms with van der Waals surface area (Å²) in [6.07, 6.45) is 1.44. The molecule has 0 bridgehead atoms. The second-order valence-corrected chi connectivity index (χ2v) is 11.7. The number of hydrogen-bond acceptors (Lipinski definition) is 4. The van der Waals surface area contributed by atoms with Crippen molar-refractivity contribution in [1.82, 2.24) is 15.5 Å². The Morgan fingerprint density at radius 3 is 2.45 bits per heavy atom. The molecule has 3 rings (SSSR count). The summed E-state index contributed by atoms with van der Waals surface area (Å²) >= 11 is 1.63. The largest absolute Gasteiger partial charge is 0.354 e. The number of nitrogens with zero attached hydrogens (tertiary/aromatic N) is 1. The summed E-state index contributed by atoms with van der Waals surface area (Å²) in [5, 5.41) is 5.78. The third-order valence-corrected chi connectivity index (χ3v) is 7.44. The number of carbonyl (C=O) groups excluding carboxylic acids is 3. The molecule has 1 fully saturated rings. The van der Waals surface area contributed by atoms with Crippen LogP contribution in [0.1, 0.15) is 75.7 Å². The number of thioether (sulfide) groups is 1. The maximum atomic E-state index is 13.5. The van der Waals surface area contributed by atoms with Crippen LogP contribution >= 0.6 is 11.8 Å². The molecular formula is C24H35N3O3S. The van der Waals surface area contributed by atoms with Gasteiger partial charge in [0.1, 0.15) is 17.5 Å². The first-order valence-electron chi connectivity index (χ1n) is 11.2.